The molecular weight excluding hydrogens is 206 g/mol. The van der Waals surface area contributed by atoms with E-state index in [4.69, 9.17) is 5.32 Å². The molecule has 0 bridgehead atoms. The van der Waals surface area contributed by atoms with E-state index in [9.17, 15) is 0 Å². The fourth-order valence-corrected chi connectivity index (χ4v) is 2.64. The number of hydrogen-bond donors (Lipinski definition) is 0. The van der Waals surface area contributed by atoms with Crippen LogP contribution in [0.15, 0.2) is 0 Å². The summed E-state index contributed by atoms with van der Waals surface area (Å²) in [7, 11) is 0. The lowest BCUT2D eigenvalue weighted by Gasteiger charge is -2.20. The highest BCUT2D eigenvalue weighted by molar-refractivity contribution is 4.65. The Morgan fingerprint density at radius 2 is 1.06 bits per heavy atom. The van der Waals surface area contributed by atoms with Gasteiger partial charge in [0.25, 0.3) is 0 Å². The maximum atomic E-state index is 4.71. The molecule has 0 aliphatic rings. The number of hydrogen-bond acceptors (Lipinski definition) is 0. The van der Waals surface area contributed by atoms with Crippen molar-refractivity contribution in [2.45, 2.75) is 67.2 Å². The van der Waals surface area contributed by atoms with Gasteiger partial charge in [0.05, 0.1) is 0 Å². The first-order valence-corrected chi connectivity index (χ1v) is 7.66. The summed E-state index contributed by atoms with van der Waals surface area (Å²) in [5.74, 6) is 3.36. The van der Waals surface area contributed by atoms with Gasteiger partial charge in [-0.25, -0.2) is 5.32 Å². The average Bonchev–Trinajstić information content (AvgIpc) is 2.27. The van der Waals surface area contributed by atoms with E-state index in [1.165, 1.54) is 25.7 Å². The zero-order valence-corrected chi connectivity index (χ0v) is 13.0. The van der Waals surface area contributed by atoms with Gasteiger partial charge in [-0.1, -0.05) is 54.4 Å². The van der Waals surface area contributed by atoms with Gasteiger partial charge in [0, 0.05) is 13.1 Å². The molecule has 103 valence electrons. The molecule has 0 aromatic heterocycles. The van der Waals surface area contributed by atoms with E-state index in [1.807, 2.05) is 0 Å². The molecule has 2 unspecified atom stereocenters. The van der Waals surface area contributed by atoms with Crippen LogP contribution in [0.5, 0.6) is 0 Å². The van der Waals surface area contributed by atoms with Gasteiger partial charge >= 0.3 is 0 Å². The van der Waals surface area contributed by atoms with Crippen molar-refractivity contribution < 1.29 is 0 Å². The topological polar surface area (TPSA) is 14.1 Å². The second-order valence-corrected chi connectivity index (χ2v) is 6.07. The van der Waals surface area contributed by atoms with Crippen LogP contribution in [0.25, 0.3) is 0 Å². The van der Waals surface area contributed by atoms with Crippen molar-refractivity contribution in [3.05, 3.63) is 0 Å². The predicted octanol–water partition coefficient (Wildman–Crippen LogP) is 4.74. The largest absolute Gasteiger partial charge is 0.242 e. The van der Waals surface area contributed by atoms with E-state index in [1.54, 1.807) is 0 Å². The quantitative estimate of drug-likeness (QED) is 0.490. The van der Waals surface area contributed by atoms with Gasteiger partial charge in [0.15, 0.2) is 0 Å². The zero-order valence-electron chi connectivity index (χ0n) is 13.0. The minimum atomic E-state index is 0.814. The molecule has 0 aliphatic heterocycles. The van der Waals surface area contributed by atoms with Crippen LogP contribution in [-0.4, -0.2) is 13.1 Å². The summed E-state index contributed by atoms with van der Waals surface area (Å²) in [4.78, 5) is 0. The van der Waals surface area contributed by atoms with Crippen molar-refractivity contribution in [3.8, 4) is 0 Å². The lowest BCUT2D eigenvalue weighted by molar-refractivity contribution is 0.321. The third-order valence-corrected chi connectivity index (χ3v) is 4.25. The molecule has 0 saturated carbocycles. The molecule has 1 radical (unpaired) electrons. The van der Waals surface area contributed by atoms with Crippen LogP contribution in [0.1, 0.15) is 67.2 Å². The molecule has 0 aliphatic carbocycles. The molecule has 0 spiro atoms. The van der Waals surface area contributed by atoms with Gasteiger partial charge in [-0.3, -0.25) is 0 Å². The van der Waals surface area contributed by atoms with Crippen molar-refractivity contribution >= 4 is 0 Å². The average molecular weight is 240 g/mol. The monoisotopic (exact) mass is 240 g/mol. The third-order valence-electron chi connectivity index (χ3n) is 4.25. The molecule has 1 nitrogen and oxygen atoms in total. The second-order valence-electron chi connectivity index (χ2n) is 6.07. The number of rotatable bonds is 10. The van der Waals surface area contributed by atoms with Crippen LogP contribution in [0, 0.1) is 23.7 Å². The summed E-state index contributed by atoms with van der Waals surface area (Å²) in [5, 5.41) is 4.71. The van der Waals surface area contributed by atoms with E-state index in [0.717, 1.165) is 36.8 Å². The third kappa shape index (κ3) is 7.81. The van der Waals surface area contributed by atoms with Gasteiger partial charge in [-0.15, -0.1) is 0 Å². The highest BCUT2D eigenvalue weighted by Crippen LogP contribution is 2.19. The minimum Gasteiger partial charge on any atom is -0.242 e. The fourth-order valence-electron chi connectivity index (χ4n) is 2.64. The molecule has 0 saturated heterocycles. The van der Waals surface area contributed by atoms with Crippen molar-refractivity contribution in [3.63, 3.8) is 0 Å². The van der Waals surface area contributed by atoms with Crippen LogP contribution in [0.2, 0.25) is 0 Å². The Kier molecular flexibility index (Phi) is 9.91. The Morgan fingerprint density at radius 1 is 0.706 bits per heavy atom. The predicted molar refractivity (Wildman–Crippen MR) is 78.3 cm³/mol. The van der Waals surface area contributed by atoms with Crippen molar-refractivity contribution in [1.82, 2.24) is 5.32 Å². The molecule has 0 fully saturated rings. The molecular formula is C16H34N. The van der Waals surface area contributed by atoms with Crippen LogP contribution >= 0.6 is 0 Å². The molecule has 0 aromatic carbocycles. The first-order chi connectivity index (χ1) is 8.02. The molecule has 0 heterocycles. The molecule has 0 aromatic rings. The Hall–Kier alpha value is -0.0400. The van der Waals surface area contributed by atoms with Crippen molar-refractivity contribution in [1.29, 1.82) is 0 Å². The van der Waals surface area contributed by atoms with Gasteiger partial charge in [-0.2, -0.15) is 0 Å². The first-order valence-electron chi connectivity index (χ1n) is 7.66. The molecule has 17 heavy (non-hydrogen) atoms. The van der Waals surface area contributed by atoms with E-state index in [2.05, 4.69) is 41.5 Å². The van der Waals surface area contributed by atoms with Crippen LogP contribution in [0.3, 0.4) is 0 Å². The Bertz CT molecular complexity index is 145. The van der Waals surface area contributed by atoms with E-state index in [0.29, 0.717) is 0 Å². The summed E-state index contributed by atoms with van der Waals surface area (Å²) in [6.45, 7) is 16.1. The summed E-state index contributed by atoms with van der Waals surface area (Å²) in [6, 6.07) is 0. The minimum absolute atomic E-state index is 0.814. The molecule has 2 atom stereocenters. The van der Waals surface area contributed by atoms with Crippen molar-refractivity contribution in [2.24, 2.45) is 23.7 Å². The standard InChI is InChI=1S/C16H34N/c1-7-15(13(3)4)9-11-17-12-10-16(8-2)14(5)6/h13-16H,7-12H2,1-6H3. The lowest BCUT2D eigenvalue weighted by Crippen LogP contribution is -2.19. The van der Waals surface area contributed by atoms with Gasteiger partial charge < -0.3 is 0 Å². The first kappa shape index (κ1) is 17.0. The summed E-state index contributed by atoms with van der Waals surface area (Å²) >= 11 is 0. The summed E-state index contributed by atoms with van der Waals surface area (Å²) < 4.78 is 0. The molecule has 0 N–H and O–H groups in total. The Morgan fingerprint density at radius 3 is 1.29 bits per heavy atom. The fraction of sp³-hybridized carbons (Fsp3) is 1.00. The van der Waals surface area contributed by atoms with Gasteiger partial charge in [0.1, 0.15) is 0 Å². The maximum absolute atomic E-state index is 4.71. The number of nitrogens with zero attached hydrogens (tertiary/aromatic N) is 1. The van der Waals surface area contributed by atoms with Crippen LogP contribution < -0.4 is 5.32 Å². The normalized spacial score (nSPS) is 15.5. The van der Waals surface area contributed by atoms with E-state index < -0.39 is 0 Å². The highest BCUT2D eigenvalue weighted by atomic mass is 14.8. The zero-order chi connectivity index (χ0) is 13.3. The summed E-state index contributed by atoms with van der Waals surface area (Å²) in [5.41, 5.74) is 0. The van der Waals surface area contributed by atoms with E-state index in [-0.39, 0.29) is 0 Å². The maximum Gasteiger partial charge on any atom is 0.0136 e. The van der Waals surface area contributed by atoms with E-state index >= 15 is 0 Å². The van der Waals surface area contributed by atoms with Gasteiger partial charge in [-0.05, 0) is 36.5 Å². The molecule has 0 amide bonds. The Labute approximate surface area is 110 Å². The summed E-state index contributed by atoms with van der Waals surface area (Å²) in [6.07, 6.45) is 5.17. The smallest absolute Gasteiger partial charge is 0.0136 e. The Balaban J connectivity index is 3.57. The molecule has 1 heteroatoms. The lowest BCUT2D eigenvalue weighted by atomic mass is 9.89. The SMILES string of the molecule is CCC(CC[N]CCC(CC)C(C)C)C(C)C. The highest BCUT2D eigenvalue weighted by Gasteiger charge is 2.12. The van der Waals surface area contributed by atoms with Crippen LogP contribution in [0.4, 0.5) is 0 Å². The van der Waals surface area contributed by atoms with Gasteiger partial charge in [0.2, 0.25) is 0 Å². The second kappa shape index (κ2) is 9.94. The molecule has 0 rings (SSSR count). The van der Waals surface area contributed by atoms with Crippen molar-refractivity contribution in [2.75, 3.05) is 13.1 Å². The van der Waals surface area contributed by atoms with Crippen LogP contribution in [-0.2, 0) is 0 Å².